The maximum atomic E-state index is 12.1. The molecule has 3 rings (SSSR count). The summed E-state index contributed by atoms with van der Waals surface area (Å²) in [4.78, 5) is 18.2. The Balaban J connectivity index is 1.73. The van der Waals surface area contributed by atoms with Crippen LogP contribution in [-0.2, 0) is 0 Å². The van der Waals surface area contributed by atoms with Gasteiger partial charge in [-0.3, -0.25) is 0 Å². The number of hydrogen-bond donors (Lipinski definition) is 2. The second-order valence-electron chi connectivity index (χ2n) is 5.09. The lowest BCUT2D eigenvalue weighted by Crippen LogP contribution is -2.44. The third-order valence-corrected chi connectivity index (χ3v) is 4.36. The molecule has 1 unspecified atom stereocenters. The van der Waals surface area contributed by atoms with Gasteiger partial charge in [-0.1, -0.05) is 0 Å². The van der Waals surface area contributed by atoms with E-state index < -0.39 is 6.10 Å². The van der Waals surface area contributed by atoms with Crippen LogP contribution in [0.1, 0.15) is 17.8 Å². The number of fused-ring (bicyclic) bond motifs is 1. The van der Waals surface area contributed by atoms with E-state index in [0.29, 0.717) is 13.1 Å². The van der Waals surface area contributed by atoms with Crippen LogP contribution < -0.4 is 5.32 Å². The number of amides is 2. The number of aromatic nitrogens is 1. The van der Waals surface area contributed by atoms with Crippen LogP contribution in [-0.4, -0.2) is 40.2 Å². The number of likely N-dealkylation sites (tertiary alicyclic amines) is 1. The molecule has 2 N–H and O–H groups in total. The van der Waals surface area contributed by atoms with Crippen molar-refractivity contribution in [1.82, 2.24) is 9.88 Å². The first-order valence-corrected chi connectivity index (χ1v) is 7.54. The predicted molar refractivity (Wildman–Crippen MR) is 80.2 cm³/mol. The monoisotopic (exact) mass is 291 g/mol. The van der Waals surface area contributed by atoms with Crippen LogP contribution in [0.4, 0.5) is 10.5 Å². The lowest BCUT2D eigenvalue weighted by atomic mass is 10.1. The number of benzene rings is 1. The van der Waals surface area contributed by atoms with E-state index in [9.17, 15) is 9.90 Å². The second-order valence-corrected chi connectivity index (χ2v) is 6.32. The van der Waals surface area contributed by atoms with Crippen molar-refractivity contribution in [2.45, 2.75) is 25.9 Å². The second kappa shape index (κ2) is 5.38. The summed E-state index contributed by atoms with van der Waals surface area (Å²) in [5.74, 6) is 0. The molecule has 1 aliphatic heterocycles. The topological polar surface area (TPSA) is 65.5 Å². The van der Waals surface area contributed by atoms with Crippen LogP contribution in [0.3, 0.4) is 0 Å². The largest absolute Gasteiger partial charge is 0.391 e. The van der Waals surface area contributed by atoms with Crippen molar-refractivity contribution in [2.75, 3.05) is 18.4 Å². The van der Waals surface area contributed by atoms with Gasteiger partial charge in [0.25, 0.3) is 0 Å². The van der Waals surface area contributed by atoms with Crippen LogP contribution in [0.15, 0.2) is 18.2 Å². The number of piperidine rings is 1. The molecule has 20 heavy (non-hydrogen) atoms. The molecule has 0 spiro atoms. The molecule has 0 aliphatic carbocycles. The fourth-order valence-corrected chi connectivity index (χ4v) is 3.33. The Hall–Kier alpha value is -1.66. The van der Waals surface area contributed by atoms with E-state index in [1.54, 1.807) is 16.2 Å². The van der Waals surface area contributed by atoms with E-state index in [0.717, 1.165) is 33.8 Å². The van der Waals surface area contributed by atoms with E-state index in [1.807, 2.05) is 25.1 Å². The molecule has 1 saturated heterocycles. The van der Waals surface area contributed by atoms with Gasteiger partial charge in [0.15, 0.2) is 0 Å². The summed E-state index contributed by atoms with van der Waals surface area (Å²) in [6.07, 6.45) is 1.22. The van der Waals surface area contributed by atoms with Gasteiger partial charge >= 0.3 is 6.03 Å². The highest BCUT2D eigenvalue weighted by Crippen LogP contribution is 2.25. The molecule has 2 amide bonds. The standard InChI is InChI=1S/C14H17N3O2S/c1-9-15-12-5-4-10(7-13(12)20-9)16-14(19)17-6-2-3-11(18)8-17/h4-5,7,11,18H,2-3,6,8H2,1H3,(H,16,19). The summed E-state index contributed by atoms with van der Waals surface area (Å²) in [6.45, 7) is 3.08. The molecule has 2 heterocycles. The molecular weight excluding hydrogens is 274 g/mol. The van der Waals surface area contributed by atoms with Gasteiger partial charge in [0.1, 0.15) is 0 Å². The molecule has 106 valence electrons. The summed E-state index contributed by atoms with van der Waals surface area (Å²) in [5.41, 5.74) is 1.73. The van der Waals surface area contributed by atoms with Crippen molar-refractivity contribution in [1.29, 1.82) is 0 Å². The molecule has 1 aromatic carbocycles. The SMILES string of the molecule is Cc1nc2ccc(NC(=O)N3CCCC(O)C3)cc2s1. The molecule has 5 nitrogen and oxygen atoms in total. The number of anilines is 1. The lowest BCUT2D eigenvalue weighted by molar-refractivity contribution is 0.0883. The number of aliphatic hydroxyl groups is 1. The Morgan fingerprint density at radius 1 is 1.55 bits per heavy atom. The van der Waals surface area contributed by atoms with Crippen LogP contribution in [0.25, 0.3) is 10.2 Å². The van der Waals surface area contributed by atoms with Gasteiger partial charge < -0.3 is 15.3 Å². The molecule has 2 aromatic rings. The Kier molecular flexibility index (Phi) is 3.58. The third-order valence-electron chi connectivity index (χ3n) is 3.43. The molecule has 6 heteroatoms. The van der Waals surface area contributed by atoms with Gasteiger partial charge in [-0.2, -0.15) is 0 Å². The number of hydrogen-bond acceptors (Lipinski definition) is 4. The summed E-state index contributed by atoms with van der Waals surface area (Å²) < 4.78 is 1.07. The number of nitrogens with zero attached hydrogens (tertiary/aromatic N) is 2. The fraction of sp³-hybridized carbons (Fsp3) is 0.429. The Labute approximate surface area is 121 Å². The van der Waals surface area contributed by atoms with Gasteiger partial charge in [-0.15, -0.1) is 11.3 Å². The zero-order valence-corrected chi connectivity index (χ0v) is 12.1. The maximum absolute atomic E-state index is 12.1. The quantitative estimate of drug-likeness (QED) is 0.848. The number of carbonyl (C=O) groups is 1. The van der Waals surface area contributed by atoms with Crippen molar-refractivity contribution in [3.8, 4) is 0 Å². The summed E-state index contributed by atoms with van der Waals surface area (Å²) in [5, 5.41) is 13.5. The number of rotatable bonds is 1. The molecule has 0 saturated carbocycles. The van der Waals surface area contributed by atoms with Crippen LogP contribution in [0.5, 0.6) is 0 Å². The molecule has 1 atom stereocenters. The summed E-state index contributed by atoms with van der Waals surface area (Å²) in [6, 6.07) is 5.57. The highest BCUT2D eigenvalue weighted by Gasteiger charge is 2.22. The van der Waals surface area contributed by atoms with Crippen LogP contribution >= 0.6 is 11.3 Å². The van der Waals surface area contributed by atoms with E-state index in [1.165, 1.54) is 0 Å². The predicted octanol–water partition coefficient (Wildman–Crippen LogP) is 2.59. The highest BCUT2D eigenvalue weighted by molar-refractivity contribution is 7.18. The number of β-amino-alcohol motifs (C(OH)–C–C–N with tert-alkyl or cyclic N) is 1. The van der Waals surface area contributed by atoms with E-state index in [2.05, 4.69) is 10.3 Å². The average molecular weight is 291 g/mol. The van der Waals surface area contributed by atoms with Gasteiger partial charge in [-0.25, -0.2) is 9.78 Å². The normalized spacial score (nSPS) is 19.3. The van der Waals surface area contributed by atoms with Gasteiger partial charge in [0.2, 0.25) is 0 Å². The van der Waals surface area contributed by atoms with Gasteiger partial charge in [0, 0.05) is 18.8 Å². The van der Waals surface area contributed by atoms with Crippen molar-refractivity contribution < 1.29 is 9.90 Å². The number of aryl methyl sites for hydroxylation is 1. The van der Waals surface area contributed by atoms with Crippen LogP contribution in [0.2, 0.25) is 0 Å². The number of thiazole rings is 1. The molecule has 0 radical (unpaired) electrons. The van der Waals surface area contributed by atoms with Crippen molar-refractivity contribution in [3.63, 3.8) is 0 Å². The zero-order chi connectivity index (χ0) is 14.1. The van der Waals surface area contributed by atoms with Crippen LogP contribution in [0, 0.1) is 6.92 Å². The first-order chi connectivity index (χ1) is 9.61. The third kappa shape index (κ3) is 2.76. The number of aliphatic hydroxyl groups excluding tert-OH is 1. The van der Waals surface area contributed by atoms with Gasteiger partial charge in [0.05, 0.1) is 21.3 Å². The highest BCUT2D eigenvalue weighted by atomic mass is 32.1. The molecular formula is C14H17N3O2S. The maximum Gasteiger partial charge on any atom is 0.321 e. The lowest BCUT2D eigenvalue weighted by Gasteiger charge is -2.30. The first kappa shape index (κ1) is 13.3. The number of carbonyl (C=O) groups excluding carboxylic acids is 1. The Bertz CT molecular complexity index is 640. The Morgan fingerprint density at radius 2 is 2.40 bits per heavy atom. The van der Waals surface area contributed by atoms with Gasteiger partial charge in [-0.05, 0) is 38.0 Å². The molecule has 1 aliphatic rings. The first-order valence-electron chi connectivity index (χ1n) is 6.73. The minimum atomic E-state index is -0.402. The molecule has 1 fully saturated rings. The molecule has 0 bridgehead atoms. The van der Waals surface area contributed by atoms with E-state index >= 15 is 0 Å². The summed E-state index contributed by atoms with van der Waals surface area (Å²) in [7, 11) is 0. The number of nitrogens with one attached hydrogen (secondary N) is 1. The fourth-order valence-electron chi connectivity index (χ4n) is 2.46. The Morgan fingerprint density at radius 3 is 3.20 bits per heavy atom. The summed E-state index contributed by atoms with van der Waals surface area (Å²) >= 11 is 1.61. The van der Waals surface area contributed by atoms with E-state index in [4.69, 9.17) is 0 Å². The zero-order valence-electron chi connectivity index (χ0n) is 11.3. The minimum Gasteiger partial charge on any atom is -0.391 e. The minimum absolute atomic E-state index is 0.149. The smallest absolute Gasteiger partial charge is 0.321 e. The van der Waals surface area contributed by atoms with Crippen molar-refractivity contribution >= 4 is 33.3 Å². The molecule has 1 aromatic heterocycles. The number of urea groups is 1. The van der Waals surface area contributed by atoms with Crippen molar-refractivity contribution in [3.05, 3.63) is 23.2 Å². The van der Waals surface area contributed by atoms with E-state index in [-0.39, 0.29) is 6.03 Å². The van der Waals surface area contributed by atoms with Crippen molar-refractivity contribution in [2.24, 2.45) is 0 Å². The average Bonchev–Trinajstić information content (AvgIpc) is 2.78.